The molecule has 5 nitrogen and oxygen atoms in total. The van der Waals surface area contributed by atoms with Crippen LogP contribution in [0.25, 0.3) is 0 Å². The van der Waals surface area contributed by atoms with Crippen molar-refractivity contribution in [2.75, 3.05) is 31.8 Å². The molecule has 7 heteroatoms. The van der Waals surface area contributed by atoms with Crippen LogP contribution in [0.3, 0.4) is 0 Å². The summed E-state index contributed by atoms with van der Waals surface area (Å²) in [5.74, 6) is -0.0601. The van der Waals surface area contributed by atoms with Gasteiger partial charge in [0.2, 0.25) is 0 Å². The van der Waals surface area contributed by atoms with Crippen molar-refractivity contribution in [1.29, 1.82) is 0 Å². The minimum atomic E-state index is -3.06. The summed E-state index contributed by atoms with van der Waals surface area (Å²) in [4.78, 5) is 14.4. The Kier molecular flexibility index (Phi) is 5.47. The van der Waals surface area contributed by atoms with Gasteiger partial charge in [-0.1, -0.05) is 11.6 Å². The van der Waals surface area contributed by atoms with E-state index in [2.05, 4.69) is 0 Å². The first kappa shape index (κ1) is 17.2. The van der Waals surface area contributed by atoms with Crippen molar-refractivity contribution in [3.8, 4) is 0 Å². The van der Waals surface area contributed by atoms with Gasteiger partial charge in [-0.25, -0.2) is 8.42 Å². The Bertz CT molecular complexity index is 639. The van der Waals surface area contributed by atoms with Gasteiger partial charge in [0.15, 0.2) is 9.84 Å². The third-order valence-corrected chi connectivity index (χ3v) is 5.70. The number of ether oxygens (including phenoxy) is 1. The molecule has 1 aliphatic heterocycles. The molecule has 1 heterocycles. The van der Waals surface area contributed by atoms with Gasteiger partial charge >= 0.3 is 0 Å². The largest absolute Gasteiger partial charge is 0.383 e. The highest BCUT2D eigenvalue weighted by molar-refractivity contribution is 7.91. The Labute approximate surface area is 136 Å². The highest BCUT2D eigenvalue weighted by Crippen LogP contribution is 2.22. The molecule has 1 aliphatic rings. The van der Waals surface area contributed by atoms with E-state index in [-0.39, 0.29) is 23.5 Å². The number of hydrogen-bond donors (Lipinski definition) is 0. The van der Waals surface area contributed by atoms with Crippen molar-refractivity contribution < 1.29 is 17.9 Å². The van der Waals surface area contributed by atoms with E-state index in [0.717, 1.165) is 5.56 Å². The molecular weight excluding hydrogens is 326 g/mol. The van der Waals surface area contributed by atoms with Gasteiger partial charge in [-0.2, -0.15) is 0 Å². The number of nitrogens with zero attached hydrogens (tertiary/aromatic N) is 1. The summed E-state index contributed by atoms with van der Waals surface area (Å²) >= 11 is 6.02. The fraction of sp³-hybridized carbons (Fsp3) is 0.533. The lowest BCUT2D eigenvalue weighted by Crippen LogP contribution is -2.43. The summed E-state index contributed by atoms with van der Waals surface area (Å²) in [6.45, 7) is 2.59. The lowest BCUT2D eigenvalue weighted by atomic mass is 10.1. The molecule has 0 radical (unpaired) electrons. The molecule has 0 unspecified atom stereocenters. The first-order valence-corrected chi connectivity index (χ1v) is 9.30. The molecule has 0 aliphatic carbocycles. The third kappa shape index (κ3) is 4.21. The number of amides is 1. The number of aryl methyl sites for hydroxylation is 1. The number of methoxy groups -OCH3 is 1. The lowest BCUT2D eigenvalue weighted by molar-refractivity contribution is 0.0624. The molecule has 1 fully saturated rings. The van der Waals surface area contributed by atoms with Crippen molar-refractivity contribution in [1.82, 2.24) is 4.90 Å². The molecule has 0 N–H and O–H groups in total. The molecule has 2 rings (SSSR count). The Hall–Kier alpha value is -1.11. The third-order valence-electron chi connectivity index (χ3n) is 3.74. The van der Waals surface area contributed by atoms with Gasteiger partial charge in [-0.05, 0) is 37.1 Å². The zero-order valence-corrected chi connectivity index (χ0v) is 14.3. The van der Waals surface area contributed by atoms with Gasteiger partial charge in [0.25, 0.3) is 5.91 Å². The number of carbonyl (C=O) groups is 1. The summed E-state index contributed by atoms with van der Waals surface area (Å²) in [6.07, 6.45) is 0.470. The van der Waals surface area contributed by atoms with Crippen molar-refractivity contribution in [2.24, 2.45) is 0 Å². The predicted octanol–water partition coefficient (Wildman–Crippen LogP) is 1.92. The zero-order chi connectivity index (χ0) is 16.3. The maximum atomic E-state index is 12.8. The van der Waals surface area contributed by atoms with Crippen molar-refractivity contribution >= 4 is 27.3 Å². The standard InChI is InChI=1S/C15H20ClNO4S/c1-11-7-12(9-13(16)8-11)15(18)17(4-5-21-2)14-3-6-22(19,20)10-14/h7-9,14H,3-6,10H2,1-2H3/t14-/m0/s1. The summed E-state index contributed by atoms with van der Waals surface area (Å²) < 4.78 is 28.4. The van der Waals surface area contributed by atoms with Crippen LogP contribution in [-0.4, -0.2) is 57.0 Å². The van der Waals surface area contributed by atoms with Gasteiger partial charge in [0.1, 0.15) is 0 Å². The summed E-state index contributed by atoms with van der Waals surface area (Å²) in [7, 11) is -1.51. The molecular formula is C15H20ClNO4S. The van der Waals surface area contributed by atoms with Gasteiger partial charge in [0, 0.05) is 30.3 Å². The van der Waals surface area contributed by atoms with E-state index < -0.39 is 9.84 Å². The number of halogens is 1. The van der Waals surface area contributed by atoms with Gasteiger partial charge in [-0.15, -0.1) is 0 Å². The van der Waals surface area contributed by atoms with E-state index in [4.69, 9.17) is 16.3 Å². The number of rotatable bonds is 5. The lowest BCUT2D eigenvalue weighted by Gasteiger charge is -2.28. The summed E-state index contributed by atoms with van der Waals surface area (Å²) in [6, 6.07) is 4.85. The van der Waals surface area contributed by atoms with Gasteiger partial charge < -0.3 is 9.64 Å². The van der Waals surface area contributed by atoms with Crippen LogP contribution < -0.4 is 0 Å². The Balaban J connectivity index is 2.26. The molecule has 0 spiro atoms. The van der Waals surface area contributed by atoms with Crippen LogP contribution in [-0.2, 0) is 14.6 Å². The Morgan fingerprint density at radius 2 is 2.14 bits per heavy atom. The topological polar surface area (TPSA) is 63.7 Å². The number of sulfone groups is 1. The van der Waals surface area contributed by atoms with Crippen LogP contribution in [0, 0.1) is 6.92 Å². The Morgan fingerprint density at radius 1 is 1.41 bits per heavy atom. The van der Waals surface area contributed by atoms with Gasteiger partial charge in [0.05, 0.1) is 18.1 Å². The highest BCUT2D eigenvalue weighted by Gasteiger charge is 2.34. The monoisotopic (exact) mass is 345 g/mol. The fourth-order valence-corrected chi connectivity index (χ4v) is 4.71. The number of hydrogen-bond acceptors (Lipinski definition) is 4. The van der Waals surface area contributed by atoms with E-state index >= 15 is 0 Å². The maximum absolute atomic E-state index is 12.8. The van der Waals surface area contributed by atoms with Crippen LogP contribution in [0.15, 0.2) is 18.2 Å². The van der Waals surface area contributed by atoms with Crippen molar-refractivity contribution in [3.63, 3.8) is 0 Å². The van der Waals surface area contributed by atoms with Crippen LogP contribution >= 0.6 is 11.6 Å². The molecule has 1 atom stereocenters. The molecule has 1 saturated heterocycles. The normalized spacial score (nSPS) is 20.0. The molecule has 122 valence electrons. The molecule has 1 amide bonds. The predicted molar refractivity (Wildman–Crippen MR) is 86.2 cm³/mol. The van der Waals surface area contributed by atoms with E-state index in [0.29, 0.717) is 30.2 Å². The van der Waals surface area contributed by atoms with E-state index in [1.807, 2.05) is 6.92 Å². The number of benzene rings is 1. The average Bonchev–Trinajstić information content (AvgIpc) is 2.78. The summed E-state index contributed by atoms with van der Waals surface area (Å²) in [5.41, 5.74) is 1.37. The first-order chi connectivity index (χ1) is 10.3. The quantitative estimate of drug-likeness (QED) is 0.818. The Morgan fingerprint density at radius 3 is 2.68 bits per heavy atom. The van der Waals surface area contributed by atoms with E-state index in [9.17, 15) is 13.2 Å². The summed E-state index contributed by atoms with van der Waals surface area (Å²) in [5, 5.41) is 0.495. The van der Waals surface area contributed by atoms with Crippen molar-refractivity contribution in [3.05, 3.63) is 34.3 Å². The molecule has 0 aromatic heterocycles. The van der Waals surface area contributed by atoms with Crippen molar-refractivity contribution in [2.45, 2.75) is 19.4 Å². The molecule has 0 saturated carbocycles. The second-order valence-electron chi connectivity index (χ2n) is 5.57. The number of carbonyl (C=O) groups excluding carboxylic acids is 1. The highest BCUT2D eigenvalue weighted by atomic mass is 35.5. The van der Waals surface area contributed by atoms with Crippen LogP contribution in [0.4, 0.5) is 0 Å². The molecule has 1 aromatic carbocycles. The van der Waals surface area contributed by atoms with Crippen LogP contribution in [0.2, 0.25) is 5.02 Å². The fourth-order valence-electron chi connectivity index (χ4n) is 2.69. The maximum Gasteiger partial charge on any atom is 0.254 e. The zero-order valence-electron chi connectivity index (χ0n) is 12.7. The SMILES string of the molecule is COCCN(C(=O)c1cc(C)cc(Cl)c1)[C@H]1CCS(=O)(=O)C1. The van der Waals surface area contributed by atoms with Crippen LogP contribution in [0.1, 0.15) is 22.3 Å². The minimum Gasteiger partial charge on any atom is -0.383 e. The second kappa shape index (κ2) is 6.98. The smallest absolute Gasteiger partial charge is 0.254 e. The minimum absolute atomic E-state index is 0.0159. The van der Waals surface area contributed by atoms with Gasteiger partial charge in [-0.3, -0.25) is 4.79 Å². The molecule has 22 heavy (non-hydrogen) atoms. The van der Waals surface area contributed by atoms with E-state index in [1.54, 1.807) is 30.2 Å². The molecule has 0 bridgehead atoms. The average molecular weight is 346 g/mol. The second-order valence-corrected chi connectivity index (χ2v) is 8.23. The van der Waals surface area contributed by atoms with Crippen LogP contribution in [0.5, 0.6) is 0 Å². The molecule has 1 aromatic rings. The first-order valence-electron chi connectivity index (χ1n) is 7.10. The van der Waals surface area contributed by atoms with E-state index in [1.165, 1.54) is 0 Å².